The quantitative estimate of drug-likeness (QED) is 0.888. The number of halogens is 5. The predicted molar refractivity (Wildman–Crippen MR) is 78.7 cm³/mol. The van der Waals surface area contributed by atoms with Gasteiger partial charge in [0.25, 0.3) is 0 Å². The molecule has 0 aliphatic carbocycles. The molecule has 116 valence electrons. The second-order valence-electron chi connectivity index (χ2n) is 4.67. The van der Waals surface area contributed by atoms with Crippen molar-refractivity contribution >= 4 is 24.8 Å². The Morgan fingerprint density at radius 3 is 2.10 bits per heavy atom. The number of nitrogens with one attached hydrogen (secondary N) is 2. The van der Waals surface area contributed by atoms with E-state index < -0.39 is 11.7 Å². The molecule has 1 aliphatic rings. The summed E-state index contributed by atoms with van der Waals surface area (Å²) in [6.45, 7) is 1.06. The van der Waals surface area contributed by atoms with E-state index in [1.807, 2.05) is 30.3 Å². The molecular formula is C13H19Cl2F3N2. The van der Waals surface area contributed by atoms with Crippen LogP contribution in [0.25, 0.3) is 0 Å². The van der Waals surface area contributed by atoms with Crippen molar-refractivity contribution in [2.75, 3.05) is 13.1 Å². The molecule has 0 aromatic heterocycles. The molecule has 1 saturated heterocycles. The third-order valence-corrected chi connectivity index (χ3v) is 3.47. The summed E-state index contributed by atoms with van der Waals surface area (Å²) in [6.07, 6.45) is -4.03. The van der Waals surface area contributed by atoms with Crippen molar-refractivity contribution < 1.29 is 13.2 Å². The first kappa shape index (κ1) is 19.5. The number of benzene rings is 1. The molecule has 0 bridgehead atoms. The Morgan fingerprint density at radius 2 is 1.60 bits per heavy atom. The molecule has 1 aromatic carbocycles. The summed E-state index contributed by atoms with van der Waals surface area (Å²) in [6, 6.07) is 9.18. The highest BCUT2D eigenvalue weighted by molar-refractivity contribution is 5.85. The van der Waals surface area contributed by atoms with E-state index in [1.165, 1.54) is 0 Å². The van der Waals surface area contributed by atoms with Gasteiger partial charge in [0.05, 0.1) is 0 Å². The fourth-order valence-electron chi connectivity index (χ4n) is 2.28. The zero-order chi connectivity index (χ0) is 13.1. The monoisotopic (exact) mass is 330 g/mol. The van der Waals surface area contributed by atoms with Gasteiger partial charge in [0.15, 0.2) is 0 Å². The molecule has 0 radical (unpaired) electrons. The molecule has 1 aliphatic heterocycles. The van der Waals surface area contributed by atoms with Gasteiger partial charge in [-0.05, 0) is 31.5 Å². The average molecular weight is 331 g/mol. The maximum Gasteiger partial charge on any atom is 0.406 e. The lowest BCUT2D eigenvalue weighted by Crippen LogP contribution is -2.61. The van der Waals surface area contributed by atoms with Gasteiger partial charge in [-0.3, -0.25) is 5.32 Å². The first-order valence-electron chi connectivity index (χ1n) is 6.10. The summed E-state index contributed by atoms with van der Waals surface area (Å²) in [7, 11) is 0. The highest BCUT2D eigenvalue weighted by Crippen LogP contribution is 2.37. The van der Waals surface area contributed by atoms with E-state index in [0.717, 1.165) is 5.56 Å². The van der Waals surface area contributed by atoms with Gasteiger partial charge in [-0.25, -0.2) is 0 Å². The Balaban J connectivity index is 0.00000180. The Hall–Kier alpha value is -0.490. The fraction of sp³-hybridized carbons (Fsp3) is 0.538. The van der Waals surface area contributed by atoms with Crippen LogP contribution in [0, 0.1) is 0 Å². The van der Waals surface area contributed by atoms with E-state index >= 15 is 0 Å². The normalized spacial score (nSPS) is 17.8. The van der Waals surface area contributed by atoms with E-state index in [-0.39, 0.29) is 44.2 Å². The van der Waals surface area contributed by atoms with Crippen molar-refractivity contribution in [3.8, 4) is 0 Å². The van der Waals surface area contributed by atoms with Crippen LogP contribution >= 0.6 is 24.8 Å². The Morgan fingerprint density at radius 1 is 1.05 bits per heavy atom. The van der Waals surface area contributed by atoms with E-state index in [2.05, 4.69) is 10.6 Å². The van der Waals surface area contributed by atoms with Crippen molar-refractivity contribution in [3.63, 3.8) is 0 Å². The van der Waals surface area contributed by atoms with Crippen LogP contribution in [0.2, 0.25) is 0 Å². The molecule has 1 heterocycles. The third-order valence-electron chi connectivity index (χ3n) is 3.47. The average Bonchev–Trinajstić information content (AvgIpc) is 2.37. The molecule has 20 heavy (non-hydrogen) atoms. The highest BCUT2D eigenvalue weighted by atomic mass is 35.5. The number of rotatable bonds is 3. The van der Waals surface area contributed by atoms with Crippen molar-refractivity contribution in [3.05, 3.63) is 35.9 Å². The molecule has 0 saturated carbocycles. The smallest absolute Gasteiger partial charge is 0.317 e. The third kappa shape index (κ3) is 4.52. The van der Waals surface area contributed by atoms with Crippen LogP contribution in [0.1, 0.15) is 18.4 Å². The van der Waals surface area contributed by atoms with Gasteiger partial charge in [-0.2, -0.15) is 13.2 Å². The van der Waals surface area contributed by atoms with E-state index in [9.17, 15) is 13.2 Å². The van der Waals surface area contributed by atoms with Crippen LogP contribution < -0.4 is 10.6 Å². The van der Waals surface area contributed by atoms with Crippen molar-refractivity contribution in [2.45, 2.75) is 31.1 Å². The SMILES string of the molecule is Cl.Cl.FC(F)(F)C1(NCc2ccccc2)CCNCC1. The first-order chi connectivity index (χ1) is 8.54. The van der Waals surface area contributed by atoms with Gasteiger partial charge in [-0.15, -0.1) is 24.8 Å². The van der Waals surface area contributed by atoms with Gasteiger partial charge in [0, 0.05) is 6.54 Å². The second kappa shape index (κ2) is 8.08. The lowest BCUT2D eigenvalue weighted by atomic mass is 9.87. The van der Waals surface area contributed by atoms with Crippen LogP contribution in [0.5, 0.6) is 0 Å². The molecular weight excluding hydrogens is 312 g/mol. The maximum atomic E-state index is 13.2. The summed E-state index contributed by atoms with van der Waals surface area (Å²) >= 11 is 0. The molecule has 2 nitrogen and oxygen atoms in total. The zero-order valence-corrected chi connectivity index (χ0v) is 12.5. The summed E-state index contributed by atoms with van der Waals surface area (Å²) in [5, 5.41) is 5.70. The summed E-state index contributed by atoms with van der Waals surface area (Å²) in [5.41, 5.74) is -0.867. The molecule has 0 amide bonds. The van der Waals surface area contributed by atoms with E-state index in [4.69, 9.17) is 0 Å². The first-order valence-corrected chi connectivity index (χ1v) is 6.10. The van der Waals surface area contributed by atoms with Gasteiger partial charge >= 0.3 is 6.18 Å². The standard InChI is InChI=1S/C13H17F3N2.2ClH/c14-13(15,16)12(6-8-17-9-7-12)18-10-11-4-2-1-3-5-11;;/h1-5,17-18H,6-10H2;2*1H. The Kier molecular flexibility index (Phi) is 7.88. The van der Waals surface area contributed by atoms with Gasteiger partial charge in [0.1, 0.15) is 5.54 Å². The largest absolute Gasteiger partial charge is 0.406 e. The van der Waals surface area contributed by atoms with Gasteiger partial charge < -0.3 is 5.32 Å². The number of alkyl halides is 3. The molecule has 2 N–H and O–H groups in total. The van der Waals surface area contributed by atoms with Crippen LogP contribution in [0.15, 0.2) is 30.3 Å². The predicted octanol–water partition coefficient (Wildman–Crippen LogP) is 3.30. The summed E-state index contributed by atoms with van der Waals surface area (Å²) in [4.78, 5) is 0. The molecule has 0 spiro atoms. The lowest BCUT2D eigenvalue weighted by Gasteiger charge is -2.40. The molecule has 1 aromatic rings. The van der Waals surface area contributed by atoms with Crippen LogP contribution in [-0.2, 0) is 6.54 Å². The number of hydrogen-bond donors (Lipinski definition) is 2. The Labute approximate surface area is 129 Å². The van der Waals surface area contributed by atoms with Crippen LogP contribution in [-0.4, -0.2) is 24.8 Å². The topological polar surface area (TPSA) is 24.1 Å². The number of hydrogen-bond acceptors (Lipinski definition) is 2. The molecule has 2 rings (SSSR count). The van der Waals surface area contributed by atoms with E-state index in [0.29, 0.717) is 13.1 Å². The Bertz CT molecular complexity index is 379. The fourth-order valence-corrected chi connectivity index (χ4v) is 2.28. The minimum atomic E-state index is -4.20. The van der Waals surface area contributed by atoms with Crippen molar-refractivity contribution in [1.29, 1.82) is 0 Å². The molecule has 1 fully saturated rings. The van der Waals surface area contributed by atoms with Crippen LogP contribution in [0.4, 0.5) is 13.2 Å². The number of piperidine rings is 1. The zero-order valence-electron chi connectivity index (χ0n) is 10.9. The molecule has 0 unspecified atom stereocenters. The maximum absolute atomic E-state index is 13.2. The van der Waals surface area contributed by atoms with Crippen molar-refractivity contribution in [1.82, 2.24) is 10.6 Å². The van der Waals surface area contributed by atoms with Crippen LogP contribution in [0.3, 0.4) is 0 Å². The van der Waals surface area contributed by atoms with Gasteiger partial charge in [-0.1, -0.05) is 30.3 Å². The van der Waals surface area contributed by atoms with Gasteiger partial charge in [0.2, 0.25) is 0 Å². The lowest BCUT2D eigenvalue weighted by molar-refractivity contribution is -0.204. The summed E-state index contributed by atoms with van der Waals surface area (Å²) < 4.78 is 39.6. The molecule has 7 heteroatoms. The second-order valence-corrected chi connectivity index (χ2v) is 4.67. The van der Waals surface area contributed by atoms with E-state index in [1.54, 1.807) is 0 Å². The minimum absolute atomic E-state index is 0. The minimum Gasteiger partial charge on any atom is -0.317 e. The van der Waals surface area contributed by atoms with Crippen molar-refractivity contribution in [2.24, 2.45) is 0 Å². The highest BCUT2D eigenvalue weighted by Gasteiger charge is 2.54. The molecule has 0 atom stereocenters. The summed E-state index contributed by atoms with van der Waals surface area (Å²) in [5.74, 6) is 0.